The molecule has 1 N–H and O–H groups in total. The van der Waals surface area contributed by atoms with Gasteiger partial charge in [0.15, 0.2) is 6.61 Å². The Morgan fingerprint density at radius 1 is 1.00 bits per heavy atom. The van der Waals surface area contributed by atoms with Crippen molar-refractivity contribution in [2.45, 2.75) is 39.4 Å². The smallest absolute Gasteiger partial charge is 0.261 e. The maximum Gasteiger partial charge on any atom is 0.261 e. The number of benzene rings is 2. The summed E-state index contributed by atoms with van der Waals surface area (Å²) in [7, 11) is 3.06. The van der Waals surface area contributed by atoms with Crippen molar-refractivity contribution in [1.29, 1.82) is 0 Å². The molecule has 7 nitrogen and oxygen atoms in total. The lowest BCUT2D eigenvalue weighted by Gasteiger charge is -2.29. The molecule has 0 saturated heterocycles. The fourth-order valence-electron chi connectivity index (χ4n) is 2.89. The number of nitrogens with zero attached hydrogens (tertiary/aromatic N) is 1. The average Bonchev–Trinajstić information content (AvgIpc) is 2.75. The molecule has 168 valence electrons. The second-order valence-corrected chi connectivity index (χ2v) is 7.70. The van der Waals surface area contributed by atoms with Crippen molar-refractivity contribution in [3.05, 3.63) is 53.1 Å². The van der Waals surface area contributed by atoms with Crippen molar-refractivity contribution in [2.24, 2.45) is 0 Å². The molecule has 2 amide bonds. The van der Waals surface area contributed by atoms with Crippen LogP contribution in [0.15, 0.2) is 42.5 Å². The van der Waals surface area contributed by atoms with Gasteiger partial charge in [0.25, 0.3) is 5.91 Å². The first-order chi connectivity index (χ1) is 14.7. The monoisotopic (exact) mass is 448 g/mol. The first kappa shape index (κ1) is 24.3. The van der Waals surface area contributed by atoms with E-state index in [0.717, 1.165) is 5.56 Å². The Kier molecular flexibility index (Phi) is 9.00. The highest BCUT2D eigenvalue weighted by molar-refractivity contribution is 6.31. The fourth-order valence-corrected chi connectivity index (χ4v) is 3.09. The van der Waals surface area contributed by atoms with Crippen molar-refractivity contribution in [3.8, 4) is 17.2 Å². The minimum Gasteiger partial charge on any atom is -0.496 e. The molecular weight excluding hydrogens is 420 g/mol. The summed E-state index contributed by atoms with van der Waals surface area (Å²) in [6, 6.07) is 11.5. The number of ether oxygens (including phenoxy) is 3. The number of nitrogens with one attached hydrogen (secondary N) is 1. The number of hydrogen-bond acceptors (Lipinski definition) is 5. The highest BCUT2D eigenvalue weighted by Gasteiger charge is 2.27. The zero-order valence-corrected chi connectivity index (χ0v) is 19.2. The summed E-state index contributed by atoms with van der Waals surface area (Å²) in [5.74, 6) is 0.895. The predicted octanol–water partition coefficient (Wildman–Crippen LogP) is 3.68. The molecule has 0 aromatic heterocycles. The van der Waals surface area contributed by atoms with Gasteiger partial charge in [-0.1, -0.05) is 29.8 Å². The molecule has 0 radical (unpaired) electrons. The summed E-state index contributed by atoms with van der Waals surface area (Å²) < 4.78 is 16.2. The maximum atomic E-state index is 13.1. The van der Waals surface area contributed by atoms with E-state index in [1.54, 1.807) is 31.2 Å². The maximum absolute atomic E-state index is 13.1. The third kappa shape index (κ3) is 7.07. The lowest BCUT2D eigenvalue weighted by molar-refractivity contribution is -0.142. The van der Waals surface area contributed by atoms with Crippen LogP contribution in [-0.4, -0.2) is 49.6 Å². The van der Waals surface area contributed by atoms with Crippen LogP contribution in [0.4, 0.5) is 0 Å². The van der Waals surface area contributed by atoms with E-state index in [2.05, 4.69) is 5.32 Å². The quantitative estimate of drug-likeness (QED) is 0.600. The van der Waals surface area contributed by atoms with Crippen LogP contribution >= 0.6 is 11.6 Å². The molecule has 0 aliphatic rings. The number of rotatable bonds is 10. The van der Waals surface area contributed by atoms with Gasteiger partial charge in [0, 0.05) is 35.8 Å². The first-order valence-electron chi connectivity index (χ1n) is 9.94. The first-order valence-corrected chi connectivity index (χ1v) is 10.3. The molecule has 0 aliphatic heterocycles. The molecule has 2 aromatic rings. The van der Waals surface area contributed by atoms with Crippen molar-refractivity contribution < 1.29 is 23.8 Å². The van der Waals surface area contributed by atoms with E-state index >= 15 is 0 Å². The molecule has 1 unspecified atom stereocenters. The normalized spacial score (nSPS) is 11.6. The topological polar surface area (TPSA) is 77.1 Å². The largest absolute Gasteiger partial charge is 0.496 e. The molecule has 0 fully saturated rings. The Hall–Kier alpha value is -2.93. The summed E-state index contributed by atoms with van der Waals surface area (Å²) in [4.78, 5) is 27.1. The van der Waals surface area contributed by atoms with E-state index in [-0.39, 0.29) is 31.0 Å². The molecule has 8 heteroatoms. The molecule has 0 saturated carbocycles. The van der Waals surface area contributed by atoms with Gasteiger partial charge < -0.3 is 24.4 Å². The number of amides is 2. The van der Waals surface area contributed by atoms with Crippen LogP contribution in [0.1, 0.15) is 26.3 Å². The van der Waals surface area contributed by atoms with Crippen LogP contribution in [0, 0.1) is 0 Å². The van der Waals surface area contributed by atoms with Gasteiger partial charge in [-0.25, -0.2) is 0 Å². The number of carbonyl (C=O) groups is 2. The van der Waals surface area contributed by atoms with Crippen LogP contribution in [0.5, 0.6) is 17.2 Å². The van der Waals surface area contributed by atoms with Gasteiger partial charge in [-0.15, -0.1) is 0 Å². The van der Waals surface area contributed by atoms with Gasteiger partial charge >= 0.3 is 0 Å². The molecule has 31 heavy (non-hydrogen) atoms. The van der Waals surface area contributed by atoms with E-state index < -0.39 is 6.04 Å². The molecule has 0 heterocycles. The molecule has 1 atom stereocenters. The van der Waals surface area contributed by atoms with E-state index in [9.17, 15) is 9.59 Å². The summed E-state index contributed by atoms with van der Waals surface area (Å²) in [5.41, 5.74) is 0.741. The van der Waals surface area contributed by atoms with Gasteiger partial charge in [-0.05, 0) is 32.4 Å². The molecule has 2 aromatic carbocycles. The SMILES string of the molecule is COc1cc(OC)cc(OCC(=O)N(Cc2ccccc2Cl)C(C)C(=O)NC(C)C)c1. The molecule has 0 aliphatic carbocycles. The lowest BCUT2D eigenvalue weighted by Crippen LogP contribution is -2.50. The second-order valence-electron chi connectivity index (χ2n) is 7.29. The van der Waals surface area contributed by atoms with E-state index in [1.165, 1.54) is 19.1 Å². The summed E-state index contributed by atoms with van der Waals surface area (Å²) in [6.07, 6.45) is 0. The minimum absolute atomic E-state index is 0.0484. The zero-order chi connectivity index (χ0) is 23.0. The lowest BCUT2D eigenvalue weighted by atomic mass is 10.1. The predicted molar refractivity (Wildman–Crippen MR) is 120 cm³/mol. The Balaban J connectivity index is 2.21. The van der Waals surface area contributed by atoms with Gasteiger partial charge in [0.2, 0.25) is 5.91 Å². The number of hydrogen-bond donors (Lipinski definition) is 1. The number of halogens is 1. The summed E-state index contributed by atoms with van der Waals surface area (Å²) in [6.45, 7) is 5.32. The Bertz CT molecular complexity index is 881. The van der Waals surface area contributed by atoms with Crippen molar-refractivity contribution in [1.82, 2.24) is 10.2 Å². The van der Waals surface area contributed by atoms with Crippen LogP contribution in [-0.2, 0) is 16.1 Å². The van der Waals surface area contributed by atoms with E-state index in [1.807, 2.05) is 32.0 Å². The molecule has 0 spiro atoms. The van der Waals surface area contributed by atoms with Crippen LogP contribution in [0.25, 0.3) is 0 Å². The zero-order valence-electron chi connectivity index (χ0n) is 18.5. The standard InChI is InChI=1S/C23H29ClN2O5/c1-15(2)25-23(28)16(3)26(13-17-8-6-7-9-21(17)24)22(27)14-31-20-11-18(29-4)10-19(12-20)30-5/h6-12,15-16H,13-14H2,1-5H3,(H,25,28). The van der Waals surface area contributed by atoms with Crippen molar-refractivity contribution >= 4 is 23.4 Å². The van der Waals surface area contributed by atoms with Crippen molar-refractivity contribution in [2.75, 3.05) is 20.8 Å². The molecule has 0 bridgehead atoms. The second kappa shape index (κ2) is 11.5. The Labute approximate surface area is 188 Å². The number of methoxy groups -OCH3 is 2. The van der Waals surface area contributed by atoms with E-state index in [4.69, 9.17) is 25.8 Å². The van der Waals surface area contributed by atoms with Crippen LogP contribution < -0.4 is 19.5 Å². The number of carbonyl (C=O) groups excluding carboxylic acids is 2. The highest BCUT2D eigenvalue weighted by atomic mass is 35.5. The third-order valence-electron chi connectivity index (χ3n) is 4.58. The third-order valence-corrected chi connectivity index (χ3v) is 4.95. The van der Waals surface area contributed by atoms with Gasteiger partial charge in [-0.2, -0.15) is 0 Å². The Morgan fingerprint density at radius 2 is 1.58 bits per heavy atom. The van der Waals surface area contributed by atoms with Crippen molar-refractivity contribution in [3.63, 3.8) is 0 Å². The van der Waals surface area contributed by atoms with Gasteiger partial charge in [0.05, 0.1) is 14.2 Å². The minimum atomic E-state index is -0.713. The summed E-state index contributed by atoms with van der Waals surface area (Å²) in [5, 5.41) is 3.37. The fraction of sp³-hybridized carbons (Fsp3) is 0.391. The van der Waals surface area contributed by atoms with Crippen LogP contribution in [0.3, 0.4) is 0 Å². The van der Waals surface area contributed by atoms with E-state index in [0.29, 0.717) is 22.3 Å². The molecular formula is C23H29ClN2O5. The highest BCUT2D eigenvalue weighted by Crippen LogP contribution is 2.27. The molecule has 2 rings (SSSR count). The summed E-state index contributed by atoms with van der Waals surface area (Å²) >= 11 is 6.28. The van der Waals surface area contributed by atoms with Crippen LogP contribution in [0.2, 0.25) is 5.02 Å². The van der Waals surface area contributed by atoms with Gasteiger partial charge in [-0.3, -0.25) is 9.59 Å². The van der Waals surface area contributed by atoms with Gasteiger partial charge in [0.1, 0.15) is 23.3 Å². The Morgan fingerprint density at radius 3 is 2.13 bits per heavy atom. The average molecular weight is 449 g/mol.